The molecule has 40 heavy (non-hydrogen) atoms. The standard InChI is InChI=1S/C29H31N7O3S/c1-29(2,3)15-20(16-30)27(39)34-12-4-6-21(34)17-35-23-8-7-19(18-37)14-22(23)32-28(35)33-26(38)24-9-10-25(40-24)36-13-5-11-31-36/h5,7-11,13-15,21,37H,4,6,12,17-18H2,1-3H3,(H,32,33,38)/t21-/m1/s1. The van der Waals surface area contributed by atoms with Crippen LogP contribution in [-0.2, 0) is 17.9 Å². The fraction of sp³-hybridized carbons (Fsp3) is 0.345. The molecule has 1 fully saturated rings. The molecule has 5 rings (SSSR count). The van der Waals surface area contributed by atoms with Crippen molar-refractivity contribution in [3.05, 3.63) is 70.9 Å². The van der Waals surface area contributed by atoms with Crippen LogP contribution in [0.5, 0.6) is 0 Å². The Balaban J connectivity index is 1.45. The Morgan fingerprint density at radius 3 is 2.80 bits per heavy atom. The van der Waals surface area contributed by atoms with E-state index in [1.165, 1.54) is 11.3 Å². The molecule has 0 aliphatic carbocycles. The number of nitrogens with one attached hydrogen (secondary N) is 1. The lowest BCUT2D eigenvalue weighted by Crippen LogP contribution is -2.39. The lowest BCUT2D eigenvalue weighted by atomic mass is 9.93. The first-order valence-electron chi connectivity index (χ1n) is 13.1. The van der Waals surface area contributed by atoms with E-state index in [-0.39, 0.29) is 35.5 Å². The fourth-order valence-corrected chi connectivity index (χ4v) is 5.77. The molecule has 0 saturated carbocycles. The maximum absolute atomic E-state index is 13.4. The SMILES string of the molecule is CC(C)(C)C=C(C#N)C(=O)N1CCC[C@@H]1Cn1c(NC(=O)c2ccc(-n3cccn3)s2)nc2cc(CO)ccc21. The number of hydrogen-bond acceptors (Lipinski definition) is 7. The molecule has 2 N–H and O–H groups in total. The van der Waals surface area contributed by atoms with Gasteiger partial charge in [0.15, 0.2) is 0 Å². The summed E-state index contributed by atoms with van der Waals surface area (Å²) in [7, 11) is 0. The number of carbonyl (C=O) groups is 2. The van der Waals surface area contributed by atoms with E-state index in [1.54, 1.807) is 34.0 Å². The number of thiophene rings is 1. The summed E-state index contributed by atoms with van der Waals surface area (Å²) >= 11 is 1.31. The van der Waals surface area contributed by atoms with Crippen LogP contribution in [0.4, 0.5) is 5.95 Å². The monoisotopic (exact) mass is 557 g/mol. The van der Waals surface area contributed by atoms with Gasteiger partial charge in [0.2, 0.25) is 5.95 Å². The molecule has 1 aromatic carbocycles. The second-order valence-electron chi connectivity index (χ2n) is 10.9. The minimum absolute atomic E-state index is 0.127. The van der Waals surface area contributed by atoms with E-state index in [0.29, 0.717) is 35.0 Å². The molecule has 206 valence electrons. The van der Waals surface area contributed by atoms with Crippen LogP contribution in [0.1, 0.15) is 48.8 Å². The van der Waals surface area contributed by atoms with Gasteiger partial charge in [-0.05, 0) is 54.2 Å². The molecule has 0 bridgehead atoms. The summed E-state index contributed by atoms with van der Waals surface area (Å²) in [6, 6.07) is 12.8. The molecular weight excluding hydrogens is 526 g/mol. The van der Waals surface area contributed by atoms with Gasteiger partial charge in [0.25, 0.3) is 11.8 Å². The van der Waals surface area contributed by atoms with Crippen molar-refractivity contribution in [2.24, 2.45) is 5.41 Å². The predicted molar refractivity (Wildman–Crippen MR) is 153 cm³/mol. The second-order valence-corrected chi connectivity index (χ2v) is 12.0. The van der Waals surface area contributed by atoms with Crippen molar-refractivity contribution >= 4 is 40.1 Å². The smallest absolute Gasteiger partial charge is 0.268 e. The van der Waals surface area contributed by atoms with Crippen LogP contribution >= 0.6 is 11.3 Å². The number of nitriles is 1. The normalized spacial score (nSPS) is 15.9. The summed E-state index contributed by atoms with van der Waals surface area (Å²) in [6.07, 6.45) is 6.80. The summed E-state index contributed by atoms with van der Waals surface area (Å²) in [4.78, 5) is 33.6. The topological polar surface area (TPSA) is 129 Å². The van der Waals surface area contributed by atoms with Gasteiger partial charge < -0.3 is 14.6 Å². The van der Waals surface area contributed by atoms with Crippen LogP contribution in [0, 0.1) is 16.7 Å². The summed E-state index contributed by atoms with van der Waals surface area (Å²) < 4.78 is 3.61. The molecule has 1 aliphatic rings. The number of aliphatic hydroxyl groups excluding tert-OH is 1. The van der Waals surface area contributed by atoms with Gasteiger partial charge in [0.05, 0.1) is 28.6 Å². The Hall–Kier alpha value is -4.27. The summed E-state index contributed by atoms with van der Waals surface area (Å²) in [5, 5.41) is 27.4. The van der Waals surface area contributed by atoms with E-state index >= 15 is 0 Å². The van der Waals surface area contributed by atoms with Gasteiger partial charge in [-0.25, -0.2) is 9.67 Å². The number of rotatable bonds is 7. The van der Waals surface area contributed by atoms with Crippen molar-refractivity contribution in [3.63, 3.8) is 0 Å². The number of allylic oxidation sites excluding steroid dienone is 1. The van der Waals surface area contributed by atoms with E-state index in [9.17, 15) is 20.0 Å². The van der Waals surface area contributed by atoms with Gasteiger partial charge in [0, 0.05) is 25.5 Å². The first kappa shape index (κ1) is 27.3. The van der Waals surface area contributed by atoms with Crippen molar-refractivity contribution in [1.29, 1.82) is 5.26 Å². The van der Waals surface area contributed by atoms with Gasteiger partial charge in [-0.3, -0.25) is 14.9 Å². The van der Waals surface area contributed by atoms with E-state index in [1.807, 2.05) is 55.8 Å². The number of likely N-dealkylation sites (tertiary alicyclic amines) is 1. The maximum Gasteiger partial charge on any atom is 0.268 e. The van der Waals surface area contributed by atoms with Crippen LogP contribution in [0.2, 0.25) is 0 Å². The minimum Gasteiger partial charge on any atom is -0.392 e. The number of hydrogen-bond donors (Lipinski definition) is 2. The number of amides is 2. The highest BCUT2D eigenvalue weighted by atomic mass is 32.1. The highest BCUT2D eigenvalue weighted by molar-refractivity contribution is 7.16. The van der Waals surface area contributed by atoms with E-state index in [0.717, 1.165) is 23.4 Å². The van der Waals surface area contributed by atoms with Gasteiger partial charge in [-0.15, -0.1) is 11.3 Å². The highest BCUT2D eigenvalue weighted by Gasteiger charge is 2.32. The Labute approximate surface area is 236 Å². The average Bonchev–Trinajstić information content (AvgIpc) is 3.73. The lowest BCUT2D eigenvalue weighted by molar-refractivity contribution is -0.127. The Bertz CT molecular complexity index is 1620. The maximum atomic E-state index is 13.4. The van der Waals surface area contributed by atoms with E-state index in [2.05, 4.69) is 16.5 Å². The zero-order valence-electron chi connectivity index (χ0n) is 22.7. The number of anilines is 1. The largest absolute Gasteiger partial charge is 0.392 e. The Morgan fingerprint density at radius 1 is 1.27 bits per heavy atom. The third kappa shape index (κ3) is 5.68. The van der Waals surface area contributed by atoms with Gasteiger partial charge in [-0.2, -0.15) is 10.4 Å². The lowest BCUT2D eigenvalue weighted by Gasteiger charge is -2.26. The third-order valence-corrected chi connectivity index (χ3v) is 7.80. The number of nitrogens with zero attached hydrogens (tertiary/aromatic N) is 6. The number of carbonyl (C=O) groups excluding carboxylic acids is 2. The molecule has 4 heterocycles. The van der Waals surface area contributed by atoms with Crippen molar-refractivity contribution in [2.45, 2.75) is 52.8 Å². The number of imidazole rings is 1. The van der Waals surface area contributed by atoms with Crippen molar-refractivity contribution in [2.75, 3.05) is 11.9 Å². The summed E-state index contributed by atoms with van der Waals surface area (Å²) in [5.74, 6) is -0.224. The number of aromatic nitrogens is 4. The third-order valence-electron chi connectivity index (χ3n) is 6.73. The molecule has 0 unspecified atom stereocenters. The molecule has 1 aliphatic heterocycles. The van der Waals surface area contributed by atoms with Gasteiger partial charge >= 0.3 is 0 Å². The van der Waals surface area contributed by atoms with E-state index < -0.39 is 0 Å². The van der Waals surface area contributed by atoms with Crippen LogP contribution in [0.3, 0.4) is 0 Å². The zero-order chi connectivity index (χ0) is 28.4. The van der Waals surface area contributed by atoms with Gasteiger partial charge in [0.1, 0.15) is 16.6 Å². The van der Waals surface area contributed by atoms with Crippen LogP contribution in [-0.4, -0.2) is 53.7 Å². The Kier molecular flexibility index (Phi) is 7.56. The molecule has 0 radical (unpaired) electrons. The van der Waals surface area contributed by atoms with Crippen molar-refractivity contribution in [1.82, 2.24) is 24.2 Å². The molecule has 4 aromatic rings. The number of benzene rings is 1. The molecule has 10 nitrogen and oxygen atoms in total. The molecule has 1 saturated heterocycles. The highest BCUT2D eigenvalue weighted by Crippen LogP contribution is 2.29. The number of fused-ring (bicyclic) bond motifs is 1. The molecule has 1 atom stereocenters. The van der Waals surface area contributed by atoms with Gasteiger partial charge in [-0.1, -0.05) is 32.9 Å². The molecule has 2 amide bonds. The Morgan fingerprint density at radius 2 is 2.10 bits per heavy atom. The quantitative estimate of drug-likeness (QED) is 0.254. The van der Waals surface area contributed by atoms with Crippen molar-refractivity contribution in [3.8, 4) is 11.1 Å². The summed E-state index contributed by atoms with van der Waals surface area (Å²) in [5.41, 5.74) is 1.95. The predicted octanol–water partition coefficient (Wildman–Crippen LogP) is 4.52. The summed E-state index contributed by atoms with van der Waals surface area (Å²) in [6.45, 7) is 6.69. The van der Waals surface area contributed by atoms with Crippen LogP contribution < -0.4 is 5.32 Å². The first-order valence-corrected chi connectivity index (χ1v) is 13.9. The second kappa shape index (κ2) is 11.1. The average molecular weight is 558 g/mol. The zero-order valence-corrected chi connectivity index (χ0v) is 23.5. The minimum atomic E-state index is -0.308. The van der Waals surface area contributed by atoms with Crippen molar-refractivity contribution < 1.29 is 14.7 Å². The number of aliphatic hydroxyl groups is 1. The van der Waals surface area contributed by atoms with Crippen LogP contribution in [0.25, 0.3) is 16.0 Å². The molecule has 3 aromatic heterocycles. The first-order chi connectivity index (χ1) is 19.2. The van der Waals surface area contributed by atoms with Crippen LogP contribution in [0.15, 0.2) is 60.4 Å². The molecule has 0 spiro atoms. The fourth-order valence-electron chi connectivity index (χ4n) is 4.92. The van der Waals surface area contributed by atoms with E-state index in [4.69, 9.17) is 4.98 Å². The molecule has 11 heteroatoms. The molecular formula is C29H31N7O3S.